The number of aromatic nitrogens is 2. The van der Waals surface area contributed by atoms with Gasteiger partial charge in [-0.1, -0.05) is 36.4 Å². The molecule has 0 radical (unpaired) electrons. The van der Waals surface area contributed by atoms with Crippen LogP contribution in [0.25, 0.3) is 16.8 Å². The summed E-state index contributed by atoms with van der Waals surface area (Å²) >= 11 is 0. The number of nitro benzene ring substituents is 1. The van der Waals surface area contributed by atoms with Crippen LogP contribution in [0.5, 0.6) is 5.75 Å². The number of aromatic hydroxyl groups is 1. The molecule has 0 saturated carbocycles. The second-order valence-electron chi connectivity index (χ2n) is 6.86. The number of aliphatic imine (C=N–C) groups is 1. The number of rotatable bonds is 5. The van der Waals surface area contributed by atoms with E-state index in [2.05, 4.69) is 10.1 Å². The zero-order chi connectivity index (χ0) is 22.0. The number of para-hydroxylation sites is 2. The van der Waals surface area contributed by atoms with Crippen LogP contribution in [0.4, 0.5) is 11.4 Å². The van der Waals surface area contributed by atoms with E-state index in [1.54, 1.807) is 37.3 Å². The first-order valence-corrected chi connectivity index (χ1v) is 9.43. The van der Waals surface area contributed by atoms with Crippen LogP contribution in [-0.4, -0.2) is 26.0 Å². The second-order valence-corrected chi connectivity index (χ2v) is 6.86. The lowest BCUT2D eigenvalue weighted by molar-refractivity contribution is -0.384. The molecule has 0 amide bonds. The van der Waals surface area contributed by atoms with E-state index >= 15 is 0 Å². The molecule has 2 N–H and O–H groups in total. The molecule has 0 saturated heterocycles. The van der Waals surface area contributed by atoms with Crippen LogP contribution in [0.3, 0.4) is 0 Å². The van der Waals surface area contributed by atoms with Crippen LogP contribution in [0, 0.1) is 17.0 Å². The highest BCUT2D eigenvalue weighted by molar-refractivity contribution is 5.84. The quantitative estimate of drug-likeness (QED) is 0.284. The molecule has 8 heteroatoms. The summed E-state index contributed by atoms with van der Waals surface area (Å²) in [6.07, 6.45) is 1.40. The first kappa shape index (κ1) is 19.8. The smallest absolute Gasteiger partial charge is 0.280 e. The normalized spacial score (nSPS) is 11.1. The summed E-state index contributed by atoms with van der Waals surface area (Å²) in [5, 5.41) is 24.7. The lowest BCUT2D eigenvalue weighted by Crippen LogP contribution is -2.17. The van der Waals surface area contributed by atoms with Gasteiger partial charge in [-0.15, -0.1) is 0 Å². The number of hydrogen-bond acceptors (Lipinski definition) is 5. The van der Waals surface area contributed by atoms with Crippen molar-refractivity contribution in [1.82, 2.24) is 9.78 Å². The fourth-order valence-electron chi connectivity index (χ4n) is 3.28. The van der Waals surface area contributed by atoms with Crippen LogP contribution in [-0.2, 0) is 0 Å². The lowest BCUT2D eigenvalue weighted by Gasteiger charge is -2.05. The van der Waals surface area contributed by atoms with Crippen molar-refractivity contribution in [3.63, 3.8) is 0 Å². The van der Waals surface area contributed by atoms with Crippen molar-refractivity contribution in [2.24, 2.45) is 4.99 Å². The molecule has 0 atom stereocenters. The average molecular weight is 414 g/mol. The fourth-order valence-corrected chi connectivity index (χ4v) is 3.28. The third kappa shape index (κ3) is 3.86. The van der Waals surface area contributed by atoms with Crippen LogP contribution in [0.2, 0.25) is 0 Å². The van der Waals surface area contributed by atoms with E-state index in [-0.39, 0.29) is 22.7 Å². The van der Waals surface area contributed by atoms with Crippen LogP contribution in [0.1, 0.15) is 11.3 Å². The summed E-state index contributed by atoms with van der Waals surface area (Å²) in [5.74, 6) is -0.150. The van der Waals surface area contributed by atoms with Gasteiger partial charge in [-0.2, -0.15) is 0 Å². The Morgan fingerprint density at radius 2 is 1.77 bits per heavy atom. The second kappa shape index (κ2) is 8.11. The highest BCUT2D eigenvalue weighted by Gasteiger charge is 2.15. The molecule has 0 aliphatic carbocycles. The first-order valence-electron chi connectivity index (χ1n) is 9.43. The number of phenols is 1. The maximum absolute atomic E-state index is 12.8. The number of benzene rings is 3. The molecular weight excluding hydrogens is 396 g/mol. The molecule has 31 heavy (non-hydrogen) atoms. The van der Waals surface area contributed by atoms with Gasteiger partial charge < -0.3 is 5.11 Å². The predicted molar refractivity (Wildman–Crippen MR) is 119 cm³/mol. The molecule has 4 aromatic rings. The number of phenolic OH excluding ortho intramolecular Hbond substituents is 1. The highest BCUT2D eigenvalue weighted by atomic mass is 16.6. The summed E-state index contributed by atoms with van der Waals surface area (Å²) in [5.41, 5.74) is 2.52. The summed E-state index contributed by atoms with van der Waals surface area (Å²) in [6, 6.07) is 20.1. The maximum atomic E-state index is 12.8. The van der Waals surface area contributed by atoms with Gasteiger partial charge in [0.1, 0.15) is 11.4 Å². The Kier molecular flexibility index (Phi) is 5.19. The highest BCUT2D eigenvalue weighted by Crippen LogP contribution is 2.35. The Morgan fingerprint density at radius 1 is 1.06 bits per heavy atom. The number of nitrogens with zero attached hydrogens (tertiary/aromatic N) is 3. The van der Waals surface area contributed by atoms with Gasteiger partial charge in [0.25, 0.3) is 11.2 Å². The molecule has 1 heterocycles. The minimum atomic E-state index is -0.467. The van der Waals surface area contributed by atoms with Crippen LogP contribution < -0.4 is 5.56 Å². The Labute approximate surface area is 176 Å². The van der Waals surface area contributed by atoms with E-state index in [0.717, 1.165) is 0 Å². The molecule has 0 bridgehead atoms. The summed E-state index contributed by atoms with van der Waals surface area (Å²) in [7, 11) is 0. The zero-order valence-electron chi connectivity index (χ0n) is 16.5. The van der Waals surface area contributed by atoms with Gasteiger partial charge in [0.05, 0.1) is 21.7 Å². The molecule has 154 valence electrons. The van der Waals surface area contributed by atoms with E-state index in [1.165, 1.54) is 23.0 Å². The number of H-pyrrole nitrogens is 1. The molecule has 0 unspecified atom stereocenters. The largest absolute Gasteiger partial charge is 0.506 e. The summed E-state index contributed by atoms with van der Waals surface area (Å²) in [6.45, 7) is 1.76. The van der Waals surface area contributed by atoms with E-state index in [4.69, 9.17) is 0 Å². The van der Waals surface area contributed by atoms with Gasteiger partial charge in [0, 0.05) is 18.0 Å². The van der Waals surface area contributed by atoms with Crippen LogP contribution in [0.15, 0.2) is 82.6 Å². The van der Waals surface area contributed by atoms with Gasteiger partial charge in [-0.3, -0.25) is 25.0 Å². The third-order valence-corrected chi connectivity index (χ3v) is 4.85. The molecule has 3 aromatic carbocycles. The fraction of sp³-hybridized carbons (Fsp3) is 0.0435. The van der Waals surface area contributed by atoms with Crippen molar-refractivity contribution in [2.45, 2.75) is 6.92 Å². The minimum Gasteiger partial charge on any atom is -0.506 e. The number of nitro groups is 1. The molecule has 0 fully saturated rings. The van der Waals surface area contributed by atoms with Gasteiger partial charge in [-0.05, 0) is 42.8 Å². The van der Waals surface area contributed by atoms with E-state index in [9.17, 15) is 20.0 Å². The Hall–Kier alpha value is -4.46. The van der Waals surface area contributed by atoms with Gasteiger partial charge in [0.15, 0.2) is 0 Å². The number of aromatic amines is 1. The topological polar surface area (TPSA) is 114 Å². The molecule has 0 spiro atoms. The third-order valence-electron chi connectivity index (χ3n) is 4.85. The van der Waals surface area contributed by atoms with Crippen molar-refractivity contribution in [1.29, 1.82) is 0 Å². The molecule has 8 nitrogen and oxygen atoms in total. The van der Waals surface area contributed by atoms with E-state index in [0.29, 0.717) is 28.1 Å². The lowest BCUT2D eigenvalue weighted by atomic mass is 10.0. The number of aryl methyl sites for hydroxylation is 1. The van der Waals surface area contributed by atoms with Crippen molar-refractivity contribution in [2.75, 3.05) is 0 Å². The van der Waals surface area contributed by atoms with Crippen LogP contribution >= 0.6 is 0 Å². The molecule has 4 rings (SSSR count). The SMILES string of the molecule is Cc1[nH]n(-c2ccccc2)c(=O)c1C=Nc1ccc(-c2ccccc2[N+](=O)[O-])cc1O. The first-order chi connectivity index (χ1) is 15.0. The van der Waals surface area contributed by atoms with Crippen molar-refractivity contribution >= 4 is 17.6 Å². The molecule has 1 aromatic heterocycles. The number of hydrogen-bond donors (Lipinski definition) is 2. The van der Waals surface area contributed by atoms with Gasteiger partial charge in [-0.25, -0.2) is 4.68 Å². The van der Waals surface area contributed by atoms with Crippen molar-refractivity contribution < 1.29 is 10.0 Å². The van der Waals surface area contributed by atoms with Gasteiger partial charge in [0.2, 0.25) is 0 Å². The maximum Gasteiger partial charge on any atom is 0.280 e. The van der Waals surface area contributed by atoms with Gasteiger partial charge >= 0.3 is 0 Å². The number of nitrogens with one attached hydrogen (secondary N) is 1. The Morgan fingerprint density at radius 3 is 2.48 bits per heavy atom. The Balaban J connectivity index is 1.67. The molecular formula is C23H18N4O4. The predicted octanol–water partition coefficient (Wildman–Crippen LogP) is 4.51. The van der Waals surface area contributed by atoms with Crippen molar-refractivity contribution in [3.05, 3.63) is 105 Å². The molecule has 0 aliphatic heterocycles. The van der Waals surface area contributed by atoms with E-state index in [1.807, 2.05) is 30.3 Å². The zero-order valence-corrected chi connectivity index (χ0v) is 16.5. The Bertz CT molecular complexity index is 1350. The monoisotopic (exact) mass is 414 g/mol. The standard InChI is InChI=1S/C23H18N4O4/c1-15-19(23(29)26(25-15)17-7-3-2-4-8-17)14-24-20-12-11-16(13-22(20)28)18-9-5-6-10-21(18)27(30)31/h2-14,25,28H,1H3. The minimum absolute atomic E-state index is 0.0532. The van der Waals surface area contributed by atoms with E-state index < -0.39 is 4.92 Å². The summed E-state index contributed by atoms with van der Waals surface area (Å²) in [4.78, 5) is 27.8. The molecule has 0 aliphatic rings. The average Bonchev–Trinajstić information content (AvgIpc) is 3.07. The van der Waals surface area contributed by atoms with Crippen molar-refractivity contribution in [3.8, 4) is 22.6 Å². The summed E-state index contributed by atoms with van der Waals surface area (Å²) < 4.78 is 1.42.